The fourth-order valence-electron chi connectivity index (χ4n) is 2.02. The van der Waals surface area contributed by atoms with Gasteiger partial charge in [0.1, 0.15) is 11.8 Å². The summed E-state index contributed by atoms with van der Waals surface area (Å²) >= 11 is 0. The second kappa shape index (κ2) is 3.33. The van der Waals surface area contributed by atoms with Crippen molar-refractivity contribution in [2.45, 2.75) is 37.4 Å². The highest BCUT2D eigenvalue weighted by molar-refractivity contribution is 5.06. The van der Waals surface area contributed by atoms with Crippen molar-refractivity contribution >= 4 is 0 Å². The first-order valence-electron chi connectivity index (χ1n) is 4.88. The Labute approximate surface area is 82.4 Å². The van der Waals surface area contributed by atoms with Gasteiger partial charge in [-0.05, 0) is 12.8 Å². The van der Waals surface area contributed by atoms with E-state index < -0.39 is 11.7 Å². The van der Waals surface area contributed by atoms with Gasteiger partial charge in [-0.1, -0.05) is 12.8 Å². The fraction of sp³-hybridized carbons (Fsp3) is 0.778. The molecule has 0 aromatic carbocycles. The zero-order valence-corrected chi connectivity index (χ0v) is 8.22. The Morgan fingerprint density at radius 3 is 2.64 bits per heavy atom. The van der Waals surface area contributed by atoms with Crippen LogP contribution >= 0.6 is 0 Å². The summed E-state index contributed by atoms with van der Waals surface area (Å²) in [6.45, 7) is 0. The first kappa shape index (κ1) is 9.61. The summed E-state index contributed by atoms with van der Waals surface area (Å²) in [7, 11) is 1.69. The number of hydrogen-bond acceptors (Lipinski definition) is 4. The largest absolute Gasteiger partial charge is 0.387 e. The normalized spacial score (nSPS) is 22.5. The number of aliphatic hydroxyl groups excluding tert-OH is 1. The van der Waals surface area contributed by atoms with Crippen LogP contribution in [0.5, 0.6) is 0 Å². The topological polar surface area (TPSA) is 71.2 Å². The molecule has 0 radical (unpaired) electrons. The van der Waals surface area contributed by atoms with Gasteiger partial charge in [-0.3, -0.25) is 0 Å². The number of aryl methyl sites for hydroxylation is 1. The SMILES string of the molecule is Cn1ncc(C(O)C2(O)CCCC2)n1. The molecule has 0 amide bonds. The lowest BCUT2D eigenvalue weighted by Crippen LogP contribution is -2.33. The summed E-state index contributed by atoms with van der Waals surface area (Å²) in [6, 6.07) is 0. The van der Waals surface area contributed by atoms with Crippen LogP contribution in [0.2, 0.25) is 0 Å². The van der Waals surface area contributed by atoms with Crippen LogP contribution in [0, 0.1) is 0 Å². The predicted octanol–water partition coefficient (Wildman–Crippen LogP) is 0.154. The van der Waals surface area contributed by atoms with E-state index in [1.165, 1.54) is 11.0 Å². The minimum absolute atomic E-state index is 0.455. The summed E-state index contributed by atoms with van der Waals surface area (Å²) in [5.41, 5.74) is -0.535. The van der Waals surface area contributed by atoms with E-state index >= 15 is 0 Å². The molecule has 1 fully saturated rings. The van der Waals surface area contributed by atoms with Gasteiger partial charge in [-0.25, -0.2) is 0 Å². The van der Waals surface area contributed by atoms with Crippen molar-refractivity contribution in [3.05, 3.63) is 11.9 Å². The third kappa shape index (κ3) is 1.53. The lowest BCUT2D eigenvalue weighted by molar-refractivity contribution is -0.0739. The molecule has 1 saturated carbocycles. The zero-order chi connectivity index (χ0) is 10.2. The molecule has 0 bridgehead atoms. The smallest absolute Gasteiger partial charge is 0.128 e. The molecule has 2 rings (SSSR count). The second-order valence-electron chi connectivity index (χ2n) is 3.97. The van der Waals surface area contributed by atoms with Crippen molar-refractivity contribution in [1.82, 2.24) is 15.0 Å². The minimum Gasteiger partial charge on any atom is -0.387 e. The standard InChI is InChI=1S/C9H15N3O2/c1-12-10-6-7(11-12)8(13)9(14)4-2-3-5-9/h6,8,13-14H,2-5H2,1H3. The highest BCUT2D eigenvalue weighted by Crippen LogP contribution is 2.38. The van der Waals surface area contributed by atoms with Gasteiger partial charge in [0.05, 0.1) is 11.8 Å². The van der Waals surface area contributed by atoms with E-state index in [-0.39, 0.29) is 0 Å². The lowest BCUT2D eigenvalue weighted by Gasteiger charge is -2.26. The van der Waals surface area contributed by atoms with E-state index in [4.69, 9.17) is 0 Å². The van der Waals surface area contributed by atoms with Crippen molar-refractivity contribution in [2.75, 3.05) is 0 Å². The molecule has 5 nitrogen and oxygen atoms in total. The summed E-state index contributed by atoms with van der Waals surface area (Å²) in [5, 5.41) is 27.9. The molecule has 1 aromatic heterocycles. The third-order valence-electron chi connectivity index (χ3n) is 2.88. The van der Waals surface area contributed by atoms with Crippen LogP contribution in [0.3, 0.4) is 0 Å². The second-order valence-corrected chi connectivity index (χ2v) is 3.97. The summed E-state index contributed by atoms with van der Waals surface area (Å²) in [5.74, 6) is 0. The van der Waals surface area contributed by atoms with Crippen molar-refractivity contribution < 1.29 is 10.2 Å². The summed E-state index contributed by atoms with van der Waals surface area (Å²) in [6.07, 6.45) is 3.82. The highest BCUT2D eigenvalue weighted by Gasteiger charge is 2.40. The summed E-state index contributed by atoms with van der Waals surface area (Å²) < 4.78 is 0. The van der Waals surface area contributed by atoms with Crippen molar-refractivity contribution in [3.8, 4) is 0 Å². The van der Waals surface area contributed by atoms with Crippen LogP contribution in [0.1, 0.15) is 37.5 Å². The average Bonchev–Trinajstić information content (AvgIpc) is 2.74. The van der Waals surface area contributed by atoms with Gasteiger partial charge in [-0.2, -0.15) is 15.0 Å². The first-order chi connectivity index (χ1) is 6.62. The molecular weight excluding hydrogens is 182 g/mol. The van der Waals surface area contributed by atoms with Crippen molar-refractivity contribution in [3.63, 3.8) is 0 Å². The molecule has 1 unspecified atom stereocenters. The number of nitrogens with zero attached hydrogens (tertiary/aromatic N) is 3. The molecule has 1 heterocycles. The van der Waals surface area contributed by atoms with E-state index in [0.717, 1.165) is 12.8 Å². The van der Waals surface area contributed by atoms with E-state index in [0.29, 0.717) is 18.5 Å². The molecule has 5 heteroatoms. The number of aromatic nitrogens is 3. The maximum absolute atomic E-state index is 10.1. The number of rotatable bonds is 2. The molecule has 0 spiro atoms. The molecule has 1 aromatic rings. The Balaban J connectivity index is 2.18. The molecule has 1 aliphatic rings. The van der Waals surface area contributed by atoms with Crippen molar-refractivity contribution in [1.29, 1.82) is 0 Å². The zero-order valence-electron chi connectivity index (χ0n) is 8.22. The van der Waals surface area contributed by atoms with Gasteiger partial charge < -0.3 is 10.2 Å². The van der Waals surface area contributed by atoms with Crippen LogP contribution in [-0.4, -0.2) is 30.8 Å². The molecule has 0 saturated heterocycles. The molecule has 1 atom stereocenters. The lowest BCUT2D eigenvalue weighted by atomic mass is 9.93. The number of aliphatic hydroxyl groups is 2. The van der Waals surface area contributed by atoms with Gasteiger partial charge in [0, 0.05) is 7.05 Å². The fourth-order valence-corrected chi connectivity index (χ4v) is 2.02. The monoisotopic (exact) mass is 197 g/mol. The first-order valence-corrected chi connectivity index (χ1v) is 4.88. The molecule has 78 valence electrons. The van der Waals surface area contributed by atoms with Crippen LogP contribution < -0.4 is 0 Å². The Kier molecular flexibility index (Phi) is 2.28. The van der Waals surface area contributed by atoms with E-state index in [1.54, 1.807) is 7.05 Å². The Morgan fingerprint density at radius 2 is 2.14 bits per heavy atom. The average molecular weight is 197 g/mol. The minimum atomic E-state index is -0.990. The van der Waals surface area contributed by atoms with E-state index in [9.17, 15) is 10.2 Å². The van der Waals surface area contributed by atoms with Gasteiger partial charge in [0.2, 0.25) is 0 Å². The molecule has 1 aliphatic carbocycles. The van der Waals surface area contributed by atoms with Gasteiger partial charge in [-0.15, -0.1) is 0 Å². The molecule has 0 aliphatic heterocycles. The van der Waals surface area contributed by atoms with E-state index in [2.05, 4.69) is 10.2 Å². The maximum atomic E-state index is 10.1. The van der Waals surface area contributed by atoms with Gasteiger partial charge in [0.25, 0.3) is 0 Å². The Morgan fingerprint density at radius 1 is 1.50 bits per heavy atom. The quantitative estimate of drug-likeness (QED) is 0.708. The van der Waals surface area contributed by atoms with Crippen LogP contribution in [0.25, 0.3) is 0 Å². The molecular formula is C9H15N3O2. The molecule has 14 heavy (non-hydrogen) atoms. The van der Waals surface area contributed by atoms with Crippen molar-refractivity contribution in [2.24, 2.45) is 7.05 Å². The Hall–Kier alpha value is -0.940. The highest BCUT2D eigenvalue weighted by atomic mass is 16.3. The summed E-state index contributed by atoms with van der Waals surface area (Å²) in [4.78, 5) is 1.39. The number of hydrogen-bond donors (Lipinski definition) is 2. The predicted molar refractivity (Wildman–Crippen MR) is 49.4 cm³/mol. The van der Waals surface area contributed by atoms with Crippen LogP contribution in [0.4, 0.5) is 0 Å². The molecule has 2 N–H and O–H groups in total. The van der Waals surface area contributed by atoms with Crippen LogP contribution in [0.15, 0.2) is 6.20 Å². The third-order valence-corrected chi connectivity index (χ3v) is 2.88. The maximum Gasteiger partial charge on any atom is 0.128 e. The van der Waals surface area contributed by atoms with Gasteiger partial charge in [0.15, 0.2) is 0 Å². The van der Waals surface area contributed by atoms with E-state index in [1.807, 2.05) is 0 Å². The Bertz CT molecular complexity index is 318. The van der Waals surface area contributed by atoms with Gasteiger partial charge >= 0.3 is 0 Å². The van der Waals surface area contributed by atoms with Crippen LogP contribution in [-0.2, 0) is 7.05 Å².